The smallest absolute Gasteiger partial charge is 0.297 e. The summed E-state index contributed by atoms with van der Waals surface area (Å²) in [6, 6.07) is 33.8. The molecule has 1 aromatic heterocycles. The number of rotatable bonds is 2. The molecule has 9 rings (SSSR count). The second-order valence-electron chi connectivity index (χ2n) is 24.3. The summed E-state index contributed by atoms with van der Waals surface area (Å²) in [5.41, 5.74) is 21.4. The first-order valence-electron chi connectivity index (χ1n) is 22.9. The molecule has 0 fully saturated rings. The van der Waals surface area contributed by atoms with E-state index in [1.807, 2.05) is 0 Å². The normalized spacial score (nSPS) is 17.0. The molecule has 1 aliphatic carbocycles. The van der Waals surface area contributed by atoms with Crippen LogP contribution in [0.15, 0.2) is 89.3 Å². The zero-order valence-corrected chi connectivity index (χ0v) is 40.4. The minimum Gasteiger partial charge on any atom is -0.468 e. The minimum atomic E-state index is -0.108. The fraction of sp³-hybridized carbons (Fsp3) is 0.439. The van der Waals surface area contributed by atoms with Crippen molar-refractivity contribution in [1.29, 1.82) is 0 Å². The number of aryl methyl sites for hydroxylation is 1. The Morgan fingerprint density at radius 3 is 1.54 bits per heavy atom. The van der Waals surface area contributed by atoms with Gasteiger partial charge in [0.15, 0.2) is 0 Å². The predicted molar refractivity (Wildman–Crippen MR) is 265 cm³/mol. The van der Waals surface area contributed by atoms with Gasteiger partial charge in [-0.15, -0.1) is 0 Å². The molecular weight excluding hydrogens is 739 g/mol. The minimum absolute atomic E-state index is 0.0359. The van der Waals surface area contributed by atoms with Crippen LogP contribution in [0.4, 0.5) is 34.1 Å². The van der Waals surface area contributed by atoms with Crippen LogP contribution in [0.5, 0.6) is 0 Å². The first-order valence-corrected chi connectivity index (χ1v) is 22.9. The van der Waals surface area contributed by atoms with E-state index in [1.165, 1.54) is 83.7 Å². The average molecular weight is 809 g/mol. The molecule has 0 radical (unpaired) electrons. The number of anilines is 6. The lowest BCUT2D eigenvalue weighted by molar-refractivity contribution is 0.332. The highest BCUT2D eigenvalue weighted by Gasteiger charge is 2.49. The van der Waals surface area contributed by atoms with E-state index in [1.54, 1.807) is 0 Å². The van der Waals surface area contributed by atoms with Gasteiger partial charge in [-0.2, -0.15) is 0 Å². The molecule has 3 aliphatic rings. The Labute approximate surface area is 368 Å². The molecule has 3 heterocycles. The van der Waals surface area contributed by atoms with Gasteiger partial charge in [-0.1, -0.05) is 147 Å². The van der Waals surface area contributed by atoms with Crippen LogP contribution in [-0.4, -0.2) is 6.71 Å². The number of benzene rings is 5. The van der Waals surface area contributed by atoms with Gasteiger partial charge in [0.2, 0.25) is 0 Å². The number of nitrogens with zero attached hydrogens (tertiary/aromatic N) is 2. The molecular formula is C57H69BN2O. The third kappa shape index (κ3) is 6.60. The van der Waals surface area contributed by atoms with Crippen molar-refractivity contribution in [2.75, 3.05) is 9.80 Å². The molecule has 2 aliphatic heterocycles. The summed E-state index contributed by atoms with van der Waals surface area (Å²) in [5.74, 6) is 0. The molecule has 0 atom stereocenters. The molecule has 0 spiro atoms. The average Bonchev–Trinajstić information content (AvgIpc) is 3.53. The van der Waals surface area contributed by atoms with Crippen LogP contribution >= 0.6 is 0 Å². The number of fused-ring (bicyclic) bond motifs is 7. The van der Waals surface area contributed by atoms with Crippen LogP contribution in [0, 0.1) is 6.92 Å². The van der Waals surface area contributed by atoms with E-state index < -0.39 is 0 Å². The number of furan rings is 1. The van der Waals surface area contributed by atoms with Gasteiger partial charge in [-0.05, 0) is 151 Å². The second kappa shape index (κ2) is 13.2. The van der Waals surface area contributed by atoms with Crippen LogP contribution < -0.4 is 26.4 Å². The largest absolute Gasteiger partial charge is 0.468 e. The maximum absolute atomic E-state index is 7.53. The highest BCUT2D eigenvalue weighted by Crippen LogP contribution is 2.52. The lowest BCUT2D eigenvalue weighted by Gasteiger charge is -2.44. The van der Waals surface area contributed by atoms with E-state index in [0.29, 0.717) is 0 Å². The van der Waals surface area contributed by atoms with Crippen LogP contribution in [0.2, 0.25) is 0 Å². The van der Waals surface area contributed by atoms with E-state index in [-0.39, 0.29) is 39.2 Å². The fourth-order valence-corrected chi connectivity index (χ4v) is 10.5. The molecule has 0 unspecified atom stereocenters. The Balaban J connectivity index is 1.44. The van der Waals surface area contributed by atoms with Gasteiger partial charge in [0.05, 0.1) is 11.3 Å². The summed E-state index contributed by atoms with van der Waals surface area (Å²) >= 11 is 0. The van der Waals surface area contributed by atoms with Gasteiger partial charge in [0, 0.05) is 33.8 Å². The second-order valence-corrected chi connectivity index (χ2v) is 24.3. The molecule has 0 N–H and O–H groups in total. The Bertz CT molecular complexity index is 2750. The summed E-state index contributed by atoms with van der Waals surface area (Å²) in [6.07, 6.45) is 2.32. The molecule has 5 aromatic carbocycles. The van der Waals surface area contributed by atoms with Crippen LogP contribution in [0.3, 0.4) is 0 Å². The molecule has 4 heteroatoms. The Hall–Kier alpha value is -4.70. The van der Waals surface area contributed by atoms with Gasteiger partial charge < -0.3 is 14.2 Å². The fourth-order valence-electron chi connectivity index (χ4n) is 10.5. The predicted octanol–water partition coefficient (Wildman–Crippen LogP) is 14.4. The Morgan fingerprint density at radius 2 is 1.00 bits per heavy atom. The summed E-state index contributed by atoms with van der Waals surface area (Å²) in [7, 11) is 0. The van der Waals surface area contributed by atoms with Crippen molar-refractivity contribution in [1.82, 2.24) is 0 Å². The van der Waals surface area contributed by atoms with Crippen molar-refractivity contribution >= 4 is 68.4 Å². The molecule has 0 saturated carbocycles. The van der Waals surface area contributed by atoms with Gasteiger partial charge in [0.1, 0.15) is 5.58 Å². The molecule has 316 valence electrons. The topological polar surface area (TPSA) is 19.6 Å². The quantitative estimate of drug-likeness (QED) is 0.162. The SMILES string of the molecule is Cc1cc(C(C)(C)C)ccc1N1c2ccc(C(C)(C)C)cc2B2c3oc4cc5c(cc4c3N(c3ccc(C(C)(C)C)cc3)c3cc(C(C)(C)C)cc1c32)C(C)(C)CCC5(C)C. The molecule has 0 bridgehead atoms. The van der Waals surface area contributed by atoms with Crippen LogP contribution in [-0.2, 0) is 32.5 Å². The van der Waals surface area contributed by atoms with Gasteiger partial charge >= 0.3 is 0 Å². The standard InChI is InChI=1S/C57H69BN2O/c1-34-28-36(53(5,6)7)20-24-44(34)60-45-25-21-37(54(8,9)10)29-43(45)58-49-46(30-38(31-47(49)60)55(11,12)13)59(39-22-18-35(19-23-39)52(2,3)4)50-40-32-41-42(33-48(40)61-51(50)58)57(16,17)27-26-56(41,14)15/h18-25,28-33H,26-27H2,1-17H3. The van der Waals surface area contributed by atoms with Crippen molar-refractivity contribution < 1.29 is 4.42 Å². The van der Waals surface area contributed by atoms with Gasteiger partial charge in [0.25, 0.3) is 6.71 Å². The molecule has 0 saturated heterocycles. The monoisotopic (exact) mass is 809 g/mol. The van der Waals surface area contributed by atoms with Crippen molar-refractivity contribution in [3.05, 3.63) is 124 Å². The molecule has 61 heavy (non-hydrogen) atoms. The van der Waals surface area contributed by atoms with Crippen molar-refractivity contribution in [3.8, 4) is 0 Å². The zero-order valence-electron chi connectivity index (χ0n) is 40.4. The van der Waals surface area contributed by atoms with E-state index in [9.17, 15) is 0 Å². The van der Waals surface area contributed by atoms with E-state index in [0.717, 1.165) is 29.8 Å². The Kier molecular flexibility index (Phi) is 8.99. The van der Waals surface area contributed by atoms with E-state index in [4.69, 9.17) is 4.42 Å². The summed E-state index contributed by atoms with van der Waals surface area (Å²) < 4.78 is 7.53. The lowest BCUT2D eigenvalue weighted by Crippen LogP contribution is -2.61. The summed E-state index contributed by atoms with van der Waals surface area (Å²) in [4.78, 5) is 5.17. The maximum Gasteiger partial charge on any atom is 0.297 e. The van der Waals surface area contributed by atoms with Crippen molar-refractivity contribution in [2.45, 2.75) is 163 Å². The van der Waals surface area contributed by atoms with Crippen LogP contribution in [0.25, 0.3) is 11.0 Å². The first kappa shape index (κ1) is 41.6. The van der Waals surface area contributed by atoms with E-state index in [2.05, 4.69) is 212 Å². The molecule has 6 aromatic rings. The zero-order chi connectivity index (χ0) is 44.1. The van der Waals surface area contributed by atoms with Gasteiger partial charge in [-0.3, -0.25) is 0 Å². The van der Waals surface area contributed by atoms with Crippen molar-refractivity contribution in [2.24, 2.45) is 0 Å². The molecule has 3 nitrogen and oxygen atoms in total. The maximum atomic E-state index is 7.53. The van der Waals surface area contributed by atoms with Gasteiger partial charge in [-0.25, -0.2) is 0 Å². The van der Waals surface area contributed by atoms with Crippen LogP contribution in [0.1, 0.15) is 163 Å². The number of hydrogen-bond donors (Lipinski definition) is 0. The highest BCUT2D eigenvalue weighted by atomic mass is 16.3. The summed E-state index contributed by atoms with van der Waals surface area (Å²) in [6.45, 7) is 39.9. The first-order chi connectivity index (χ1) is 28.2. The molecule has 0 amide bonds. The van der Waals surface area contributed by atoms with E-state index >= 15 is 0 Å². The Morgan fingerprint density at radius 1 is 0.508 bits per heavy atom. The third-order valence-corrected chi connectivity index (χ3v) is 14.7. The third-order valence-electron chi connectivity index (χ3n) is 14.7. The number of hydrogen-bond acceptors (Lipinski definition) is 3. The lowest BCUT2D eigenvalue weighted by atomic mass is 9.35. The van der Waals surface area contributed by atoms with Crippen molar-refractivity contribution in [3.63, 3.8) is 0 Å². The summed E-state index contributed by atoms with van der Waals surface area (Å²) in [5, 5.41) is 1.21. The highest BCUT2D eigenvalue weighted by molar-refractivity contribution is 7.00.